The standard InChI is InChI=1S/C23H26FN3O5/c1-12-16(13(2)25-18(12)23(31)32-5)20(28)17-19(14-6-8-15(24)9-7-14)27(11-10-26(3)4)22(30)21(17)29/h6-9,19,25,28H,10-11H2,1-5H3/t19-/m0/s1. The molecule has 0 radical (unpaired) electrons. The quantitative estimate of drug-likeness (QED) is 0.308. The summed E-state index contributed by atoms with van der Waals surface area (Å²) < 4.78 is 18.3. The highest BCUT2D eigenvalue weighted by Crippen LogP contribution is 2.40. The molecule has 8 nitrogen and oxygen atoms in total. The molecule has 170 valence electrons. The second-order valence-corrected chi connectivity index (χ2v) is 7.96. The molecule has 0 unspecified atom stereocenters. The Bertz CT molecular complexity index is 1100. The third-order valence-corrected chi connectivity index (χ3v) is 5.58. The Kier molecular flexibility index (Phi) is 6.50. The van der Waals surface area contributed by atoms with Gasteiger partial charge in [0.25, 0.3) is 11.7 Å². The molecule has 1 saturated heterocycles. The second-order valence-electron chi connectivity index (χ2n) is 7.96. The first-order valence-electron chi connectivity index (χ1n) is 10.0. The third kappa shape index (κ3) is 4.03. The summed E-state index contributed by atoms with van der Waals surface area (Å²) in [4.78, 5) is 44.1. The number of ether oxygens (including phenoxy) is 1. The number of aliphatic hydroxyl groups is 1. The van der Waals surface area contributed by atoms with E-state index >= 15 is 0 Å². The summed E-state index contributed by atoms with van der Waals surface area (Å²) in [6.07, 6.45) is 0. The zero-order valence-corrected chi connectivity index (χ0v) is 18.7. The lowest BCUT2D eigenvalue weighted by molar-refractivity contribution is -0.140. The van der Waals surface area contributed by atoms with Crippen LogP contribution in [0.2, 0.25) is 0 Å². The number of methoxy groups -OCH3 is 1. The monoisotopic (exact) mass is 443 g/mol. The zero-order valence-electron chi connectivity index (χ0n) is 18.7. The largest absolute Gasteiger partial charge is 0.507 e. The number of aliphatic hydroxyl groups excluding tert-OH is 1. The fourth-order valence-corrected chi connectivity index (χ4v) is 3.96. The van der Waals surface area contributed by atoms with Crippen molar-refractivity contribution < 1.29 is 28.6 Å². The Morgan fingerprint density at radius 2 is 1.84 bits per heavy atom. The highest BCUT2D eigenvalue weighted by atomic mass is 19.1. The predicted molar refractivity (Wildman–Crippen MR) is 116 cm³/mol. The van der Waals surface area contributed by atoms with Gasteiger partial charge in [-0.3, -0.25) is 9.59 Å². The summed E-state index contributed by atoms with van der Waals surface area (Å²) in [6.45, 7) is 3.97. The number of H-pyrrole nitrogens is 1. The molecular formula is C23H26FN3O5. The van der Waals surface area contributed by atoms with Crippen molar-refractivity contribution in [1.29, 1.82) is 0 Å². The molecule has 1 aliphatic rings. The number of hydrogen-bond acceptors (Lipinski definition) is 6. The third-order valence-electron chi connectivity index (χ3n) is 5.58. The minimum absolute atomic E-state index is 0.109. The summed E-state index contributed by atoms with van der Waals surface area (Å²) in [7, 11) is 4.91. The first-order chi connectivity index (χ1) is 15.1. The molecule has 1 aromatic carbocycles. The molecule has 2 N–H and O–H groups in total. The molecule has 0 saturated carbocycles. The molecule has 1 fully saturated rings. The Hall–Kier alpha value is -3.46. The summed E-state index contributed by atoms with van der Waals surface area (Å²) in [6, 6.07) is 4.55. The number of rotatable bonds is 6. The smallest absolute Gasteiger partial charge is 0.354 e. The average molecular weight is 443 g/mol. The fourth-order valence-electron chi connectivity index (χ4n) is 3.96. The Morgan fingerprint density at radius 1 is 1.22 bits per heavy atom. The van der Waals surface area contributed by atoms with Crippen molar-refractivity contribution >= 4 is 23.4 Å². The number of nitrogens with one attached hydrogen (secondary N) is 1. The molecule has 2 heterocycles. The lowest BCUT2D eigenvalue weighted by Crippen LogP contribution is -2.35. The van der Waals surface area contributed by atoms with Crippen LogP contribution in [0.3, 0.4) is 0 Å². The normalized spacial score (nSPS) is 18.0. The lowest BCUT2D eigenvalue weighted by Gasteiger charge is -2.26. The van der Waals surface area contributed by atoms with Crippen LogP contribution in [-0.2, 0) is 14.3 Å². The number of benzene rings is 1. The molecule has 1 aromatic heterocycles. The molecular weight excluding hydrogens is 417 g/mol. The number of carbonyl (C=O) groups excluding carboxylic acids is 3. The number of hydrogen-bond donors (Lipinski definition) is 2. The number of aryl methyl sites for hydroxylation is 1. The number of aromatic nitrogens is 1. The average Bonchev–Trinajstić information content (AvgIpc) is 3.18. The minimum Gasteiger partial charge on any atom is -0.507 e. The summed E-state index contributed by atoms with van der Waals surface area (Å²) in [5.41, 5.74) is 1.61. The maximum Gasteiger partial charge on any atom is 0.354 e. The van der Waals surface area contributed by atoms with E-state index in [2.05, 4.69) is 4.98 Å². The molecule has 0 spiro atoms. The van der Waals surface area contributed by atoms with E-state index in [0.717, 1.165) is 0 Å². The molecule has 1 atom stereocenters. The van der Waals surface area contributed by atoms with Crippen LogP contribution in [0.5, 0.6) is 0 Å². The number of ketones is 1. The van der Waals surface area contributed by atoms with Gasteiger partial charge in [0, 0.05) is 24.3 Å². The van der Waals surface area contributed by atoms with Crippen molar-refractivity contribution in [2.45, 2.75) is 19.9 Å². The van der Waals surface area contributed by atoms with Crippen LogP contribution >= 0.6 is 0 Å². The Labute approximate surface area is 185 Å². The number of nitrogens with zero attached hydrogens (tertiary/aromatic N) is 2. The van der Waals surface area contributed by atoms with Crippen molar-refractivity contribution in [2.24, 2.45) is 0 Å². The number of esters is 1. The van der Waals surface area contributed by atoms with E-state index in [1.807, 2.05) is 19.0 Å². The molecule has 3 rings (SSSR count). The first-order valence-corrected chi connectivity index (χ1v) is 10.0. The van der Waals surface area contributed by atoms with Gasteiger partial charge in [-0.1, -0.05) is 12.1 Å². The first kappa shape index (κ1) is 23.2. The molecule has 1 aliphatic heterocycles. The van der Waals surface area contributed by atoms with E-state index in [9.17, 15) is 23.9 Å². The summed E-state index contributed by atoms with van der Waals surface area (Å²) in [5.74, 6) is -3.06. The van der Waals surface area contributed by atoms with E-state index in [1.54, 1.807) is 13.8 Å². The Morgan fingerprint density at radius 3 is 2.41 bits per heavy atom. The van der Waals surface area contributed by atoms with E-state index in [-0.39, 0.29) is 23.4 Å². The topological polar surface area (TPSA) is 103 Å². The van der Waals surface area contributed by atoms with Crippen molar-refractivity contribution in [1.82, 2.24) is 14.8 Å². The van der Waals surface area contributed by atoms with Crippen molar-refractivity contribution in [3.8, 4) is 0 Å². The van der Waals surface area contributed by atoms with Gasteiger partial charge in [0.05, 0.1) is 18.7 Å². The van der Waals surface area contributed by atoms with Gasteiger partial charge in [0.15, 0.2) is 0 Å². The molecule has 0 bridgehead atoms. The number of Topliss-reactive ketones (excluding diaryl/α,β-unsaturated/α-hetero) is 1. The van der Waals surface area contributed by atoms with Crippen LogP contribution in [0.1, 0.15) is 38.9 Å². The molecule has 2 aromatic rings. The lowest BCUT2D eigenvalue weighted by atomic mass is 9.94. The number of carbonyl (C=O) groups is 3. The maximum atomic E-state index is 13.6. The van der Waals surface area contributed by atoms with Gasteiger partial charge in [-0.05, 0) is 51.2 Å². The maximum absolute atomic E-state index is 13.6. The zero-order chi connectivity index (χ0) is 23.7. The number of amides is 1. The van der Waals surface area contributed by atoms with Gasteiger partial charge in [0.2, 0.25) is 0 Å². The SMILES string of the molecule is COC(=O)c1[nH]c(C)c(C(O)=C2C(=O)C(=O)N(CCN(C)C)[C@H]2c2ccc(F)cc2)c1C. The van der Waals surface area contributed by atoms with Crippen molar-refractivity contribution in [3.05, 3.63) is 63.7 Å². The highest BCUT2D eigenvalue weighted by Gasteiger charge is 2.46. The fraction of sp³-hybridized carbons (Fsp3) is 0.348. The number of likely N-dealkylation sites (N-methyl/N-ethyl adjacent to an activating group) is 1. The summed E-state index contributed by atoms with van der Waals surface area (Å²) in [5, 5.41) is 11.2. The second kappa shape index (κ2) is 8.96. The van der Waals surface area contributed by atoms with Gasteiger partial charge >= 0.3 is 5.97 Å². The van der Waals surface area contributed by atoms with E-state index in [1.165, 1.54) is 36.3 Å². The predicted octanol–water partition coefficient (Wildman–Crippen LogP) is 2.54. The van der Waals surface area contributed by atoms with E-state index in [4.69, 9.17) is 4.74 Å². The van der Waals surface area contributed by atoms with Gasteiger partial charge in [-0.25, -0.2) is 9.18 Å². The Balaban J connectivity index is 2.21. The van der Waals surface area contributed by atoms with E-state index in [0.29, 0.717) is 23.4 Å². The number of likely N-dealkylation sites (tertiary alicyclic amines) is 1. The summed E-state index contributed by atoms with van der Waals surface area (Å²) >= 11 is 0. The van der Waals surface area contributed by atoms with Crippen LogP contribution < -0.4 is 0 Å². The number of aromatic amines is 1. The van der Waals surface area contributed by atoms with Crippen LogP contribution in [0, 0.1) is 19.7 Å². The van der Waals surface area contributed by atoms with E-state index < -0.39 is 35.3 Å². The molecule has 0 aliphatic carbocycles. The van der Waals surface area contributed by atoms with Crippen LogP contribution in [-0.4, -0.2) is 71.8 Å². The van der Waals surface area contributed by atoms with Gasteiger partial charge in [0.1, 0.15) is 17.3 Å². The number of halogens is 1. The van der Waals surface area contributed by atoms with Crippen LogP contribution in [0.25, 0.3) is 5.76 Å². The minimum atomic E-state index is -0.897. The molecule has 32 heavy (non-hydrogen) atoms. The van der Waals surface area contributed by atoms with Crippen molar-refractivity contribution in [3.63, 3.8) is 0 Å². The van der Waals surface area contributed by atoms with Crippen LogP contribution in [0.15, 0.2) is 29.8 Å². The van der Waals surface area contributed by atoms with Gasteiger partial charge < -0.3 is 24.6 Å². The van der Waals surface area contributed by atoms with Gasteiger partial charge in [-0.2, -0.15) is 0 Å². The van der Waals surface area contributed by atoms with Gasteiger partial charge in [-0.15, -0.1) is 0 Å². The molecule has 1 amide bonds. The highest BCUT2D eigenvalue weighted by molar-refractivity contribution is 6.46. The van der Waals surface area contributed by atoms with Crippen molar-refractivity contribution in [2.75, 3.05) is 34.3 Å². The molecule has 9 heteroatoms. The van der Waals surface area contributed by atoms with Crippen LogP contribution in [0.4, 0.5) is 4.39 Å².